The molecule has 1 aromatic carbocycles. The fraction of sp³-hybridized carbons (Fsp3) is 0.500. The van der Waals surface area contributed by atoms with Gasteiger partial charge in [-0.25, -0.2) is 0 Å². The van der Waals surface area contributed by atoms with Crippen molar-refractivity contribution in [1.29, 1.82) is 0 Å². The number of carbonyl (C=O) groups excluding carboxylic acids is 1. The van der Waals surface area contributed by atoms with Gasteiger partial charge in [-0.2, -0.15) is 4.98 Å². The summed E-state index contributed by atoms with van der Waals surface area (Å²) in [6, 6.07) is 6.13. The summed E-state index contributed by atoms with van der Waals surface area (Å²) in [5.41, 5.74) is 3.79. The molecule has 0 radical (unpaired) electrons. The number of nitrogens with zero attached hydrogens (tertiary/aromatic N) is 2. The predicted molar refractivity (Wildman–Crippen MR) is 87.8 cm³/mol. The van der Waals surface area contributed by atoms with Crippen LogP contribution in [0.25, 0.3) is 11.4 Å². The van der Waals surface area contributed by atoms with Gasteiger partial charge in [0.25, 0.3) is 0 Å². The highest BCUT2D eigenvalue weighted by molar-refractivity contribution is 5.73. The van der Waals surface area contributed by atoms with E-state index >= 15 is 0 Å². The molecular formula is C18H23N3O2. The van der Waals surface area contributed by atoms with Crippen LogP contribution in [0.15, 0.2) is 22.7 Å². The molecule has 2 aromatic rings. The average molecular weight is 313 g/mol. The fourth-order valence-corrected chi connectivity index (χ4v) is 3.09. The molecule has 1 aromatic heterocycles. The third-order valence-electron chi connectivity index (χ3n) is 4.64. The van der Waals surface area contributed by atoms with Gasteiger partial charge in [-0.3, -0.25) is 4.79 Å². The van der Waals surface area contributed by atoms with Crippen molar-refractivity contribution in [2.24, 2.45) is 5.92 Å². The highest BCUT2D eigenvalue weighted by atomic mass is 16.5. The highest BCUT2D eigenvalue weighted by Gasteiger charge is 2.25. The summed E-state index contributed by atoms with van der Waals surface area (Å²) in [7, 11) is 0. The number of aryl methyl sites for hydroxylation is 2. The van der Waals surface area contributed by atoms with E-state index in [1.807, 2.05) is 0 Å². The third-order valence-corrected chi connectivity index (χ3v) is 4.64. The minimum atomic E-state index is -0.242. The van der Waals surface area contributed by atoms with Gasteiger partial charge in [0.2, 0.25) is 17.6 Å². The number of nitrogens with one attached hydrogen (secondary N) is 1. The van der Waals surface area contributed by atoms with Crippen molar-refractivity contribution < 1.29 is 9.32 Å². The topological polar surface area (TPSA) is 68.0 Å². The van der Waals surface area contributed by atoms with Crippen LogP contribution in [0.3, 0.4) is 0 Å². The quantitative estimate of drug-likeness (QED) is 0.918. The van der Waals surface area contributed by atoms with E-state index in [1.165, 1.54) is 24.5 Å². The first-order valence-electron chi connectivity index (χ1n) is 8.31. The van der Waals surface area contributed by atoms with Gasteiger partial charge >= 0.3 is 0 Å². The average Bonchev–Trinajstić information content (AvgIpc) is 3.19. The number of amides is 1. The van der Waals surface area contributed by atoms with Crippen molar-refractivity contribution in [3.05, 3.63) is 35.2 Å². The molecule has 0 fully saturated rings. The van der Waals surface area contributed by atoms with Crippen LogP contribution >= 0.6 is 0 Å². The van der Waals surface area contributed by atoms with Crippen LogP contribution in [0.5, 0.6) is 0 Å². The molecule has 0 unspecified atom stereocenters. The SMILES string of the molecule is CC[C@H](C)[C@H](NC(C)=O)c1nc(-c2ccc3c(c2)CCC3)no1. The molecule has 0 aliphatic heterocycles. The number of fused-ring (bicyclic) bond motifs is 1. The van der Waals surface area contributed by atoms with E-state index in [9.17, 15) is 4.79 Å². The van der Waals surface area contributed by atoms with E-state index in [2.05, 4.69) is 47.5 Å². The molecule has 23 heavy (non-hydrogen) atoms. The molecular weight excluding hydrogens is 290 g/mol. The number of carbonyl (C=O) groups is 1. The summed E-state index contributed by atoms with van der Waals surface area (Å²) in [6.45, 7) is 5.66. The first-order chi connectivity index (χ1) is 11.1. The maximum atomic E-state index is 11.5. The number of benzene rings is 1. The zero-order chi connectivity index (χ0) is 16.4. The molecule has 122 valence electrons. The van der Waals surface area contributed by atoms with Gasteiger partial charge in [-0.05, 0) is 42.4 Å². The number of hydrogen-bond acceptors (Lipinski definition) is 4. The standard InChI is InChI=1S/C18H23N3O2/c1-4-11(2)16(19-12(3)22)18-20-17(21-23-18)15-9-8-13-6-5-7-14(13)10-15/h8-11,16H,4-7H2,1-3H3,(H,19,22)/t11-,16-/m0/s1. The van der Waals surface area contributed by atoms with Crippen molar-refractivity contribution in [2.45, 2.75) is 52.5 Å². The van der Waals surface area contributed by atoms with E-state index in [0.29, 0.717) is 11.7 Å². The van der Waals surface area contributed by atoms with Crippen LogP contribution in [0.1, 0.15) is 56.7 Å². The fourth-order valence-electron chi connectivity index (χ4n) is 3.09. The molecule has 1 heterocycles. The summed E-state index contributed by atoms with van der Waals surface area (Å²) >= 11 is 0. The van der Waals surface area contributed by atoms with Gasteiger partial charge in [-0.15, -0.1) is 0 Å². The zero-order valence-electron chi connectivity index (χ0n) is 13.9. The minimum Gasteiger partial charge on any atom is -0.344 e. The molecule has 1 aliphatic carbocycles. The van der Waals surface area contributed by atoms with Crippen molar-refractivity contribution in [1.82, 2.24) is 15.5 Å². The van der Waals surface area contributed by atoms with E-state index < -0.39 is 0 Å². The largest absolute Gasteiger partial charge is 0.344 e. The molecule has 0 saturated heterocycles. The lowest BCUT2D eigenvalue weighted by molar-refractivity contribution is -0.120. The normalized spacial score (nSPS) is 16.0. The lowest BCUT2D eigenvalue weighted by atomic mass is 9.99. The Bertz CT molecular complexity index is 708. The minimum absolute atomic E-state index is 0.0902. The monoisotopic (exact) mass is 313 g/mol. The third kappa shape index (κ3) is 3.28. The summed E-state index contributed by atoms with van der Waals surface area (Å²) < 4.78 is 5.45. The first-order valence-corrected chi connectivity index (χ1v) is 8.31. The van der Waals surface area contributed by atoms with Gasteiger partial charge in [0, 0.05) is 12.5 Å². The smallest absolute Gasteiger partial charge is 0.249 e. The van der Waals surface area contributed by atoms with Crippen molar-refractivity contribution in [3.63, 3.8) is 0 Å². The van der Waals surface area contributed by atoms with Crippen molar-refractivity contribution >= 4 is 5.91 Å². The maximum Gasteiger partial charge on any atom is 0.249 e. The van der Waals surface area contributed by atoms with E-state index in [-0.39, 0.29) is 17.9 Å². The van der Waals surface area contributed by atoms with Gasteiger partial charge in [0.05, 0.1) is 0 Å². The Balaban J connectivity index is 1.87. The molecule has 0 saturated carbocycles. The van der Waals surface area contributed by atoms with Gasteiger partial charge in [0.1, 0.15) is 6.04 Å². The Hall–Kier alpha value is -2.17. The molecule has 1 N–H and O–H groups in total. The second-order valence-electron chi connectivity index (χ2n) is 6.36. The molecule has 2 atom stereocenters. The summed E-state index contributed by atoms with van der Waals surface area (Å²) in [5, 5.41) is 7.04. The Kier molecular flexibility index (Phi) is 4.46. The Morgan fingerprint density at radius 1 is 1.35 bits per heavy atom. The van der Waals surface area contributed by atoms with Crippen LogP contribution in [0, 0.1) is 5.92 Å². The van der Waals surface area contributed by atoms with Crippen molar-refractivity contribution in [2.75, 3.05) is 0 Å². The predicted octanol–water partition coefficient (Wildman–Crippen LogP) is 3.45. The lowest BCUT2D eigenvalue weighted by Crippen LogP contribution is -2.30. The zero-order valence-corrected chi connectivity index (χ0v) is 13.9. The maximum absolute atomic E-state index is 11.5. The van der Waals surface area contributed by atoms with Crippen molar-refractivity contribution in [3.8, 4) is 11.4 Å². The molecule has 5 nitrogen and oxygen atoms in total. The van der Waals surface area contributed by atoms with Gasteiger partial charge < -0.3 is 9.84 Å². The number of rotatable bonds is 5. The van der Waals surface area contributed by atoms with Gasteiger partial charge in [-0.1, -0.05) is 37.6 Å². The van der Waals surface area contributed by atoms with E-state index in [4.69, 9.17) is 4.52 Å². The molecule has 0 bridgehead atoms. The van der Waals surface area contributed by atoms with Crippen LogP contribution in [0.2, 0.25) is 0 Å². The second-order valence-corrected chi connectivity index (χ2v) is 6.36. The Labute approximate surface area is 136 Å². The molecule has 1 aliphatic rings. The molecule has 0 spiro atoms. The van der Waals surface area contributed by atoms with Crippen LogP contribution < -0.4 is 5.32 Å². The number of hydrogen-bond donors (Lipinski definition) is 1. The number of aromatic nitrogens is 2. The van der Waals surface area contributed by atoms with Crippen LogP contribution in [0.4, 0.5) is 0 Å². The molecule has 5 heteroatoms. The highest BCUT2D eigenvalue weighted by Crippen LogP contribution is 2.29. The van der Waals surface area contributed by atoms with Gasteiger partial charge in [0.15, 0.2) is 0 Å². The van der Waals surface area contributed by atoms with E-state index in [0.717, 1.165) is 24.8 Å². The lowest BCUT2D eigenvalue weighted by Gasteiger charge is -2.19. The second kappa shape index (κ2) is 6.52. The Morgan fingerprint density at radius 3 is 2.87 bits per heavy atom. The van der Waals surface area contributed by atoms with Crippen LogP contribution in [-0.4, -0.2) is 16.0 Å². The Morgan fingerprint density at radius 2 is 2.13 bits per heavy atom. The van der Waals surface area contributed by atoms with E-state index in [1.54, 1.807) is 0 Å². The molecule has 1 amide bonds. The first kappa shape index (κ1) is 15.7. The summed E-state index contributed by atoms with van der Waals surface area (Å²) in [6.07, 6.45) is 4.41. The summed E-state index contributed by atoms with van der Waals surface area (Å²) in [5.74, 6) is 1.21. The molecule has 3 rings (SSSR count). The summed E-state index contributed by atoms with van der Waals surface area (Å²) in [4.78, 5) is 16.0. The van der Waals surface area contributed by atoms with Crippen LogP contribution in [-0.2, 0) is 17.6 Å².